The summed E-state index contributed by atoms with van der Waals surface area (Å²) in [4.78, 5) is 0. The molecule has 6 heteroatoms. The zero-order valence-electron chi connectivity index (χ0n) is 9.56. The van der Waals surface area contributed by atoms with Gasteiger partial charge in [-0.1, -0.05) is 12.1 Å². The maximum atomic E-state index is 12.5. The van der Waals surface area contributed by atoms with E-state index in [4.69, 9.17) is 0 Å². The Labute approximate surface area is 102 Å². The van der Waals surface area contributed by atoms with Crippen LogP contribution in [0.2, 0.25) is 0 Å². The van der Waals surface area contributed by atoms with Crippen LogP contribution in [0.4, 0.5) is 12.9 Å². The molecular formula is C12H11BF3N2-. The van der Waals surface area contributed by atoms with Crippen molar-refractivity contribution >= 4 is 12.4 Å². The van der Waals surface area contributed by atoms with E-state index in [9.17, 15) is 12.9 Å². The molecule has 0 spiro atoms. The van der Waals surface area contributed by atoms with Gasteiger partial charge in [-0.25, -0.2) is 4.68 Å². The van der Waals surface area contributed by atoms with Crippen molar-refractivity contribution in [3.63, 3.8) is 0 Å². The Morgan fingerprint density at radius 2 is 1.72 bits per heavy atom. The first-order valence-electron chi connectivity index (χ1n) is 5.90. The van der Waals surface area contributed by atoms with Crippen LogP contribution in [0.3, 0.4) is 0 Å². The fourth-order valence-electron chi connectivity index (χ4n) is 2.05. The molecule has 0 bridgehead atoms. The first-order valence-corrected chi connectivity index (χ1v) is 5.90. The fraction of sp³-hybridized carbons (Fsp3) is 0.250. The second kappa shape index (κ2) is 3.90. The van der Waals surface area contributed by atoms with Gasteiger partial charge < -0.3 is 12.9 Å². The lowest BCUT2D eigenvalue weighted by Gasteiger charge is -2.15. The molecule has 2 nitrogen and oxygen atoms in total. The van der Waals surface area contributed by atoms with Crippen LogP contribution in [0.25, 0.3) is 5.69 Å². The average Bonchev–Trinajstić information content (AvgIpc) is 3.06. The second-order valence-corrected chi connectivity index (χ2v) is 4.61. The van der Waals surface area contributed by atoms with Gasteiger partial charge in [0, 0.05) is 17.8 Å². The minimum Gasteiger partial charge on any atom is -0.445 e. The summed E-state index contributed by atoms with van der Waals surface area (Å²) in [6, 6.07) is 7.12. The van der Waals surface area contributed by atoms with Gasteiger partial charge in [-0.3, -0.25) is 0 Å². The second-order valence-electron chi connectivity index (χ2n) is 4.61. The largest absolute Gasteiger partial charge is 0.509 e. The molecule has 1 aromatic carbocycles. The molecule has 0 unspecified atom stereocenters. The highest BCUT2D eigenvalue weighted by atomic mass is 19.4. The summed E-state index contributed by atoms with van der Waals surface area (Å²) in [7, 11) is 0. The van der Waals surface area contributed by atoms with Gasteiger partial charge in [-0.2, -0.15) is 5.10 Å². The van der Waals surface area contributed by atoms with Crippen molar-refractivity contribution in [2.45, 2.75) is 18.8 Å². The van der Waals surface area contributed by atoms with E-state index >= 15 is 0 Å². The summed E-state index contributed by atoms with van der Waals surface area (Å²) >= 11 is 0. The minimum absolute atomic E-state index is 0.513. The van der Waals surface area contributed by atoms with Crippen molar-refractivity contribution in [3.8, 4) is 5.69 Å². The molecule has 0 N–H and O–H groups in total. The quantitative estimate of drug-likeness (QED) is 0.767. The van der Waals surface area contributed by atoms with Crippen molar-refractivity contribution < 1.29 is 12.9 Å². The topological polar surface area (TPSA) is 17.8 Å². The van der Waals surface area contributed by atoms with Gasteiger partial charge in [0.1, 0.15) is 0 Å². The van der Waals surface area contributed by atoms with E-state index < -0.39 is 12.4 Å². The minimum atomic E-state index is -4.92. The monoisotopic (exact) mass is 251 g/mol. The Morgan fingerprint density at radius 3 is 2.28 bits per heavy atom. The van der Waals surface area contributed by atoms with Crippen molar-refractivity contribution in [3.05, 3.63) is 42.2 Å². The maximum absolute atomic E-state index is 12.5. The molecule has 1 saturated carbocycles. The third kappa shape index (κ3) is 2.02. The zero-order valence-corrected chi connectivity index (χ0v) is 9.56. The van der Waals surface area contributed by atoms with Crippen LogP contribution in [0.5, 0.6) is 0 Å². The Morgan fingerprint density at radius 1 is 1.06 bits per heavy atom. The molecule has 2 aromatic rings. The van der Waals surface area contributed by atoms with Crippen LogP contribution >= 0.6 is 0 Å². The highest BCUT2D eigenvalue weighted by Crippen LogP contribution is 2.40. The van der Waals surface area contributed by atoms with Crippen molar-refractivity contribution in [2.24, 2.45) is 0 Å². The lowest BCUT2D eigenvalue weighted by atomic mass is 9.80. The third-order valence-electron chi connectivity index (χ3n) is 3.18. The van der Waals surface area contributed by atoms with Gasteiger partial charge in [0.05, 0.1) is 5.69 Å². The average molecular weight is 251 g/mol. The number of nitrogens with zero attached hydrogens (tertiary/aromatic N) is 2. The summed E-state index contributed by atoms with van der Waals surface area (Å²) in [5.74, 6) is 0.513. The molecular weight excluding hydrogens is 240 g/mol. The highest BCUT2D eigenvalue weighted by Gasteiger charge is 2.28. The molecule has 0 radical (unpaired) electrons. The van der Waals surface area contributed by atoms with Gasteiger partial charge >= 0.3 is 6.98 Å². The van der Waals surface area contributed by atoms with E-state index in [0.717, 1.165) is 30.7 Å². The Balaban J connectivity index is 1.95. The SMILES string of the molecule is F[B-](F)(F)c1ccc(-n2nccc2C2CC2)cc1. The predicted molar refractivity (Wildman–Crippen MR) is 64.3 cm³/mol. The van der Waals surface area contributed by atoms with Crippen LogP contribution in [0, 0.1) is 0 Å². The summed E-state index contributed by atoms with van der Waals surface area (Å²) in [6.45, 7) is -4.92. The predicted octanol–water partition coefficient (Wildman–Crippen LogP) is 2.80. The van der Waals surface area contributed by atoms with Crippen molar-refractivity contribution in [1.82, 2.24) is 9.78 Å². The summed E-state index contributed by atoms with van der Waals surface area (Å²) in [6.07, 6.45) is 3.96. The van der Waals surface area contributed by atoms with E-state index in [1.807, 2.05) is 6.07 Å². The third-order valence-corrected chi connectivity index (χ3v) is 3.18. The van der Waals surface area contributed by atoms with Gasteiger partial charge in [0.25, 0.3) is 0 Å². The normalized spacial score (nSPS) is 15.9. The van der Waals surface area contributed by atoms with E-state index in [2.05, 4.69) is 5.10 Å². The van der Waals surface area contributed by atoms with Crippen LogP contribution in [-0.4, -0.2) is 16.8 Å². The molecule has 0 amide bonds. The number of rotatable bonds is 3. The van der Waals surface area contributed by atoms with Gasteiger partial charge in [0.2, 0.25) is 0 Å². The summed E-state index contributed by atoms with van der Waals surface area (Å²) < 4.78 is 39.3. The number of hydrogen-bond donors (Lipinski definition) is 0. The number of hydrogen-bond acceptors (Lipinski definition) is 1. The molecule has 94 valence electrons. The number of benzene rings is 1. The van der Waals surface area contributed by atoms with E-state index in [0.29, 0.717) is 11.6 Å². The molecule has 1 aromatic heterocycles. The van der Waals surface area contributed by atoms with Crippen LogP contribution in [0.15, 0.2) is 36.5 Å². The zero-order chi connectivity index (χ0) is 12.8. The Hall–Kier alpha value is -1.72. The number of aromatic nitrogens is 2. The van der Waals surface area contributed by atoms with Gasteiger partial charge in [-0.05, 0) is 31.0 Å². The molecule has 1 aliphatic carbocycles. The van der Waals surface area contributed by atoms with Crippen LogP contribution in [0.1, 0.15) is 24.5 Å². The van der Waals surface area contributed by atoms with Gasteiger partial charge in [-0.15, -0.1) is 5.46 Å². The van der Waals surface area contributed by atoms with Crippen LogP contribution < -0.4 is 5.46 Å². The molecule has 0 aliphatic heterocycles. The Kier molecular flexibility index (Phi) is 2.46. The van der Waals surface area contributed by atoms with E-state index in [1.54, 1.807) is 10.9 Å². The molecule has 1 aliphatic rings. The molecule has 0 saturated heterocycles. The van der Waals surface area contributed by atoms with E-state index in [-0.39, 0.29) is 0 Å². The first-order chi connectivity index (χ1) is 8.55. The highest BCUT2D eigenvalue weighted by molar-refractivity contribution is 6.73. The summed E-state index contributed by atoms with van der Waals surface area (Å²) in [5, 5.41) is 4.18. The number of halogens is 3. The maximum Gasteiger partial charge on any atom is 0.509 e. The molecule has 1 fully saturated rings. The van der Waals surface area contributed by atoms with Crippen LogP contribution in [-0.2, 0) is 0 Å². The smallest absolute Gasteiger partial charge is 0.445 e. The molecule has 1 heterocycles. The lowest BCUT2D eigenvalue weighted by molar-refractivity contribution is 0.501. The fourth-order valence-corrected chi connectivity index (χ4v) is 2.05. The van der Waals surface area contributed by atoms with E-state index in [1.165, 1.54) is 12.1 Å². The van der Waals surface area contributed by atoms with Crippen molar-refractivity contribution in [2.75, 3.05) is 0 Å². The van der Waals surface area contributed by atoms with Crippen molar-refractivity contribution in [1.29, 1.82) is 0 Å². The summed E-state index contributed by atoms with van der Waals surface area (Å²) in [5.41, 5.74) is 1.20. The molecule has 3 rings (SSSR count). The lowest BCUT2D eigenvalue weighted by Crippen LogP contribution is -2.33. The molecule has 0 atom stereocenters. The first kappa shape index (κ1) is 11.4. The molecule has 18 heavy (non-hydrogen) atoms. The van der Waals surface area contributed by atoms with Gasteiger partial charge in [0.15, 0.2) is 0 Å². The standard InChI is InChI=1S/C12H11BF3N2/c14-13(15,16)10-3-5-11(6-4-10)18-12(7-8-17-18)9-1-2-9/h3-9H,1-2H2/q-1. The Bertz CT molecular complexity index is 555.